The summed E-state index contributed by atoms with van der Waals surface area (Å²) in [4.78, 5) is 22.3. The van der Waals surface area contributed by atoms with Crippen molar-refractivity contribution in [2.24, 2.45) is 0 Å². The molecule has 1 rings (SSSR count). The third kappa shape index (κ3) is 7.42. The second-order valence-electron chi connectivity index (χ2n) is 4.31. The molecule has 1 atom stereocenters. The fourth-order valence-corrected chi connectivity index (χ4v) is 2.08. The van der Waals surface area contributed by atoms with Crippen LogP contribution in [0.15, 0.2) is 30.3 Å². The minimum atomic E-state index is -3.90. The molecule has 1 aromatic carbocycles. The lowest BCUT2D eigenvalue weighted by atomic mass is 10.2. The highest BCUT2D eigenvalue weighted by Gasteiger charge is 2.24. The van der Waals surface area contributed by atoms with E-state index in [0.717, 1.165) is 11.8 Å². The molecular weight excluding hydrogens is 300 g/mol. The number of aliphatic carboxylic acids is 1. The predicted octanol–water partition coefficient (Wildman–Crippen LogP) is 0.939. The molecule has 0 amide bonds. The largest absolute Gasteiger partial charge is 0.479 e. The summed E-state index contributed by atoms with van der Waals surface area (Å²) in [7, 11) is -3.90. The summed E-state index contributed by atoms with van der Waals surface area (Å²) in [5.41, 5.74) is 0.799. The van der Waals surface area contributed by atoms with Gasteiger partial charge in [-0.2, -0.15) is 8.42 Å². The van der Waals surface area contributed by atoms with Crippen LogP contribution in [0.5, 0.6) is 0 Å². The third-order valence-corrected chi connectivity index (χ3v) is 3.00. The molecule has 0 heterocycles. The Morgan fingerprint density at radius 2 is 1.86 bits per heavy atom. The highest BCUT2D eigenvalue weighted by molar-refractivity contribution is 7.86. The number of carbonyl (C=O) groups is 2. The first kappa shape index (κ1) is 17.1. The lowest BCUT2D eigenvalue weighted by Crippen LogP contribution is -2.27. The summed E-state index contributed by atoms with van der Waals surface area (Å²) >= 11 is 0. The number of carbonyl (C=O) groups excluding carboxylic acids is 1. The minimum Gasteiger partial charge on any atom is -0.479 e. The molecule has 7 nitrogen and oxygen atoms in total. The molecular formula is C13H16O7S. The average Bonchev–Trinajstić information content (AvgIpc) is 2.41. The molecule has 116 valence electrons. The Hall–Kier alpha value is -1.93. The van der Waals surface area contributed by atoms with Gasteiger partial charge < -0.3 is 9.84 Å². The van der Waals surface area contributed by atoms with Gasteiger partial charge >= 0.3 is 11.9 Å². The topological polar surface area (TPSA) is 107 Å². The highest BCUT2D eigenvalue weighted by Crippen LogP contribution is 2.09. The van der Waals surface area contributed by atoms with Crippen molar-refractivity contribution >= 4 is 22.1 Å². The van der Waals surface area contributed by atoms with Gasteiger partial charge in [-0.3, -0.25) is 8.98 Å². The third-order valence-electron chi connectivity index (χ3n) is 2.42. The molecule has 1 N–H and O–H groups in total. The quantitative estimate of drug-likeness (QED) is 0.561. The number of esters is 1. The number of hydrogen-bond donors (Lipinski definition) is 1. The molecule has 0 saturated carbocycles. The average molecular weight is 316 g/mol. The lowest BCUT2D eigenvalue weighted by Gasteiger charge is -2.11. The Morgan fingerprint density at radius 3 is 2.38 bits per heavy atom. The van der Waals surface area contributed by atoms with Crippen LogP contribution >= 0.6 is 0 Å². The molecule has 1 aromatic rings. The molecule has 0 aromatic heterocycles. The zero-order valence-corrected chi connectivity index (χ0v) is 12.2. The number of carboxylic acid groups (broad SMARTS) is 1. The Labute approximate surface area is 122 Å². The Kier molecular flexibility index (Phi) is 6.32. The van der Waals surface area contributed by atoms with E-state index < -0.39 is 28.2 Å². The standard InChI is InChI=1S/C13H16O7S/c1-21(17,18)20-11(13(15)16)7-8-12(14)19-9-10-5-3-2-4-6-10/h2-6,11H,7-9H2,1H3,(H,15,16)/t11-/m1/s1. The number of ether oxygens (including phenoxy) is 1. The van der Waals surface area contributed by atoms with Gasteiger partial charge in [-0.15, -0.1) is 0 Å². The van der Waals surface area contributed by atoms with Crippen LogP contribution in [0.2, 0.25) is 0 Å². The summed E-state index contributed by atoms with van der Waals surface area (Å²) in [6.07, 6.45) is -1.38. The van der Waals surface area contributed by atoms with E-state index in [1.165, 1.54) is 0 Å². The SMILES string of the molecule is CS(=O)(=O)O[C@H](CCC(=O)OCc1ccccc1)C(=O)O. The summed E-state index contributed by atoms with van der Waals surface area (Å²) < 4.78 is 31.1. The monoisotopic (exact) mass is 316 g/mol. The predicted molar refractivity (Wildman–Crippen MR) is 72.8 cm³/mol. The van der Waals surface area contributed by atoms with Crippen molar-refractivity contribution in [1.29, 1.82) is 0 Å². The molecule has 0 saturated heterocycles. The first-order valence-electron chi connectivity index (χ1n) is 6.08. The maximum absolute atomic E-state index is 11.5. The minimum absolute atomic E-state index is 0.0738. The van der Waals surface area contributed by atoms with E-state index in [2.05, 4.69) is 4.18 Å². The second kappa shape index (κ2) is 7.75. The van der Waals surface area contributed by atoms with E-state index in [0.29, 0.717) is 0 Å². The zero-order chi connectivity index (χ0) is 15.9. The first-order chi connectivity index (χ1) is 9.78. The number of benzene rings is 1. The van der Waals surface area contributed by atoms with Crippen molar-refractivity contribution in [3.05, 3.63) is 35.9 Å². The molecule has 0 aliphatic heterocycles. The maximum Gasteiger partial charge on any atom is 0.334 e. The lowest BCUT2D eigenvalue weighted by molar-refractivity contribution is -0.148. The van der Waals surface area contributed by atoms with E-state index >= 15 is 0 Å². The van der Waals surface area contributed by atoms with Crippen molar-refractivity contribution in [3.8, 4) is 0 Å². The van der Waals surface area contributed by atoms with Crippen LogP contribution in [0.3, 0.4) is 0 Å². The van der Waals surface area contributed by atoms with E-state index in [-0.39, 0.29) is 19.4 Å². The van der Waals surface area contributed by atoms with Gasteiger partial charge in [0.25, 0.3) is 10.1 Å². The van der Waals surface area contributed by atoms with Crippen LogP contribution in [0.1, 0.15) is 18.4 Å². The molecule has 0 bridgehead atoms. The molecule has 8 heteroatoms. The van der Waals surface area contributed by atoms with E-state index in [9.17, 15) is 18.0 Å². The van der Waals surface area contributed by atoms with E-state index in [1.54, 1.807) is 24.3 Å². The molecule has 0 aliphatic carbocycles. The number of hydrogen-bond acceptors (Lipinski definition) is 6. The number of carboxylic acids is 1. The van der Waals surface area contributed by atoms with Crippen LogP contribution in [-0.4, -0.2) is 37.8 Å². The van der Waals surface area contributed by atoms with Gasteiger partial charge in [0.05, 0.1) is 6.26 Å². The van der Waals surface area contributed by atoms with Crippen LogP contribution < -0.4 is 0 Å². The van der Waals surface area contributed by atoms with Crippen LogP contribution in [-0.2, 0) is 35.2 Å². The van der Waals surface area contributed by atoms with Gasteiger partial charge in [-0.1, -0.05) is 30.3 Å². The summed E-state index contributed by atoms with van der Waals surface area (Å²) in [6, 6.07) is 8.97. The normalized spacial score (nSPS) is 12.6. The van der Waals surface area contributed by atoms with Gasteiger partial charge in [0.2, 0.25) is 0 Å². The molecule has 21 heavy (non-hydrogen) atoms. The van der Waals surface area contributed by atoms with Crippen LogP contribution in [0, 0.1) is 0 Å². The van der Waals surface area contributed by atoms with Gasteiger partial charge in [0, 0.05) is 6.42 Å². The maximum atomic E-state index is 11.5. The Bertz CT molecular complexity index is 580. The van der Waals surface area contributed by atoms with Crippen LogP contribution in [0.4, 0.5) is 0 Å². The van der Waals surface area contributed by atoms with Crippen molar-refractivity contribution in [3.63, 3.8) is 0 Å². The van der Waals surface area contributed by atoms with E-state index in [4.69, 9.17) is 9.84 Å². The highest BCUT2D eigenvalue weighted by atomic mass is 32.2. The first-order valence-corrected chi connectivity index (χ1v) is 7.90. The fraction of sp³-hybridized carbons (Fsp3) is 0.385. The van der Waals surface area contributed by atoms with Gasteiger partial charge in [-0.05, 0) is 12.0 Å². The van der Waals surface area contributed by atoms with Gasteiger partial charge in [0.1, 0.15) is 6.61 Å². The molecule has 0 spiro atoms. The van der Waals surface area contributed by atoms with Gasteiger partial charge in [-0.25, -0.2) is 4.79 Å². The van der Waals surface area contributed by atoms with Crippen molar-refractivity contribution < 1.29 is 32.0 Å². The van der Waals surface area contributed by atoms with Gasteiger partial charge in [0.15, 0.2) is 6.10 Å². The number of rotatable bonds is 8. The Morgan fingerprint density at radius 1 is 1.24 bits per heavy atom. The summed E-state index contributed by atoms with van der Waals surface area (Å²) in [5.74, 6) is -2.07. The molecule has 0 radical (unpaired) electrons. The zero-order valence-electron chi connectivity index (χ0n) is 11.4. The van der Waals surface area contributed by atoms with Crippen molar-refractivity contribution in [2.45, 2.75) is 25.6 Å². The smallest absolute Gasteiger partial charge is 0.334 e. The summed E-state index contributed by atoms with van der Waals surface area (Å²) in [6.45, 7) is 0.0738. The Balaban J connectivity index is 2.41. The fourth-order valence-electron chi connectivity index (χ4n) is 1.48. The van der Waals surface area contributed by atoms with Crippen molar-refractivity contribution in [1.82, 2.24) is 0 Å². The van der Waals surface area contributed by atoms with E-state index in [1.807, 2.05) is 6.07 Å². The van der Waals surface area contributed by atoms with Crippen molar-refractivity contribution in [2.75, 3.05) is 6.26 Å². The van der Waals surface area contributed by atoms with Crippen LogP contribution in [0.25, 0.3) is 0 Å². The summed E-state index contributed by atoms with van der Waals surface area (Å²) in [5, 5.41) is 8.82. The molecule has 0 unspecified atom stereocenters. The second-order valence-corrected chi connectivity index (χ2v) is 5.91. The molecule has 0 aliphatic rings. The molecule has 0 fully saturated rings.